The van der Waals surface area contributed by atoms with E-state index in [1.807, 2.05) is 32.0 Å². The zero-order valence-corrected chi connectivity index (χ0v) is 15.9. The van der Waals surface area contributed by atoms with Crippen LogP contribution >= 0.6 is 11.8 Å². The summed E-state index contributed by atoms with van der Waals surface area (Å²) in [5.74, 6) is 0.471. The van der Waals surface area contributed by atoms with Crippen molar-refractivity contribution in [2.45, 2.75) is 56.2 Å². The van der Waals surface area contributed by atoms with Gasteiger partial charge in [0.15, 0.2) is 0 Å². The number of aryl methyl sites for hydroxylation is 3. The molecule has 2 aromatic heterocycles. The van der Waals surface area contributed by atoms with Crippen molar-refractivity contribution < 1.29 is 4.79 Å². The summed E-state index contributed by atoms with van der Waals surface area (Å²) < 4.78 is 0. The Morgan fingerprint density at radius 1 is 1.42 bits per heavy atom. The highest BCUT2D eigenvalue weighted by Gasteiger charge is 2.23. The van der Waals surface area contributed by atoms with Gasteiger partial charge in [-0.25, -0.2) is 9.97 Å². The number of anilines is 1. The van der Waals surface area contributed by atoms with Crippen molar-refractivity contribution in [2.24, 2.45) is 0 Å². The topological polar surface area (TPSA) is 78.7 Å². The number of amides is 1. The summed E-state index contributed by atoms with van der Waals surface area (Å²) in [6.07, 6.45) is 6.52. The van der Waals surface area contributed by atoms with Crippen LogP contribution in [-0.2, 0) is 17.6 Å². The molecule has 1 unspecified atom stereocenters. The van der Waals surface area contributed by atoms with E-state index in [2.05, 4.69) is 16.4 Å². The molecule has 26 heavy (non-hydrogen) atoms. The van der Waals surface area contributed by atoms with Gasteiger partial charge in [0.05, 0.1) is 10.8 Å². The van der Waals surface area contributed by atoms with Crippen LogP contribution < -0.4 is 5.32 Å². The summed E-state index contributed by atoms with van der Waals surface area (Å²) in [4.78, 5) is 21.7. The number of nitrogens with zero attached hydrogens (tertiary/aromatic N) is 3. The fourth-order valence-electron chi connectivity index (χ4n) is 3.06. The van der Waals surface area contributed by atoms with Crippen molar-refractivity contribution in [2.75, 3.05) is 5.32 Å². The van der Waals surface area contributed by atoms with Crippen LogP contribution in [0.15, 0.2) is 29.4 Å². The van der Waals surface area contributed by atoms with Crippen molar-refractivity contribution in [3.05, 3.63) is 46.8 Å². The highest BCUT2D eigenvalue weighted by Crippen LogP contribution is 2.31. The van der Waals surface area contributed by atoms with Crippen molar-refractivity contribution >= 4 is 23.5 Å². The predicted molar refractivity (Wildman–Crippen MR) is 103 cm³/mol. The molecular formula is C20H22N4OS. The van der Waals surface area contributed by atoms with Crippen LogP contribution in [0.5, 0.6) is 0 Å². The third-order valence-corrected chi connectivity index (χ3v) is 5.92. The van der Waals surface area contributed by atoms with Crippen LogP contribution in [0.1, 0.15) is 48.6 Å². The predicted octanol–water partition coefficient (Wildman–Crippen LogP) is 4.04. The molecule has 0 saturated heterocycles. The summed E-state index contributed by atoms with van der Waals surface area (Å²) >= 11 is 1.37. The van der Waals surface area contributed by atoms with Gasteiger partial charge in [0.2, 0.25) is 5.91 Å². The number of nitriles is 1. The van der Waals surface area contributed by atoms with Gasteiger partial charge in [-0.3, -0.25) is 4.79 Å². The van der Waals surface area contributed by atoms with E-state index in [-0.39, 0.29) is 11.2 Å². The second-order valence-corrected chi connectivity index (χ2v) is 7.63. The Bertz CT molecular complexity index is 859. The Morgan fingerprint density at radius 3 is 2.96 bits per heavy atom. The third kappa shape index (κ3) is 4.05. The van der Waals surface area contributed by atoms with Crippen molar-refractivity contribution in [3.63, 3.8) is 0 Å². The van der Waals surface area contributed by atoms with E-state index >= 15 is 0 Å². The van der Waals surface area contributed by atoms with Gasteiger partial charge >= 0.3 is 0 Å². The Kier molecular flexibility index (Phi) is 5.89. The van der Waals surface area contributed by atoms with Gasteiger partial charge in [-0.2, -0.15) is 5.26 Å². The summed E-state index contributed by atoms with van der Waals surface area (Å²) in [7, 11) is 0. The molecule has 2 heterocycles. The van der Waals surface area contributed by atoms with Gasteiger partial charge in [0, 0.05) is 11.9 Å². The van der Waals surface area contributed by atoms with Crippen LogP contribution in [0.3, 0.4) is 0 Å². The molecule has 6 heteroatoms. The van der Waals surface area contributed by atoms with Gasteiger partial charge < -0.3 is 5.32 Å². The summed E-state index contributed by atoms with van der Waals surface area (Å²) in [6, 6.07) is 7.95. The van der Waals surface area contributed by atoms with E-state index in [0.29, 0.717) is 22.8 Å². The van der Waals surface area contributed by atoms with E-state index in [4.69, 9.17) is 4.98 Å². The number of rotatable bonds is 5. The molecule has 0 bridgehead atoms. The molecule has 0 saturated carbocycles. The molecule has 2 aromatic rings. The number of pyridine rings is 2. The molecule has 1 aliphatic carbocycles. The second-order valence-electron chi connectivity index (χ2n) is 6.44. The largest absolute Gasteiger partial charge is 0.310 e. The molecule has 1 aliphatic rings. The minimum Gasteiger partial charge on any atom is -0.310 e. The van der Waals surface area contributed by atoms with Crippen molar-refractivity contribution in [1.82, 2.24) is 9.97 Å². The number of fused-ring (bicyclic) bond motifs is 1. The number of aromatic nitrogens is 2. The SMILES string of the molecule is CCC(Sc1nc2c(cc1C#N)CCCC2)C(=O)Nc1ncccc1C. The lowest BCUT2D eigenvalue weighted by atomic mass is 9.95. The van der Waals surface area contributed by atoms with Crippen LogP contribution in [-0.4, -0.2) is 21.1 Å². The van der Waals surface area contributed by atoms with Crippen LogP contribution in [0.2, 0.25) is 0 Å². The highest BCUT2D eigenvalue weighted by molar-refractivity contribution is 8.00. The molecule has 0 radical (unpaired) electrons. The van der Waals surface area contributed by atoms with Crippen molar-refractivity contribution in [3.8, 4) is 6.07 Å². The first kappa shape index (κ1) is 18.4. The normalized spacial score (nSPS) is 14.2. The Balaban J connectivity index is 1.80. The first-order chi connectivity index (χ1) is 12.6. The summed E-state index contributed by atoms with van der Waals surface area (Å²) in [6.45, 7) is 3.88. The second kappa shape index (κ2) is 8.33. The number of carbonyl (C=O) groups excluding carboxylic acids is 1. The summed E-state index contributed by atoms with van der Waals surface area (Å²) in [5, 5.41) is 12.7. The lowest BCUT2D eigenvalue weighted by Gasteiger charge is -2.19. The molecule has 1 amide bonds. The molecular weight excluding hydrogens is 344 g/mol. The van der Waals surface area contributed by atoms with E-state index in [1.165, 1.54) is 17.3 Å². The monoisotopic (exact) mass is 366 g/mol. The zero-order chi connectivity index (χ0) is 18.5. The lowest BCUT2D eigenvalue weighted by molar-refractivity contribution is -0.115. The minimum atomic E-state index is -0.322. The maximum Gasteiger partial charge on any atom is 0.239 e. The molecule has 0 fully saturated rings. The zero-order valence-electron chi connectivity index (χ0n) is 15.1. The Labute approximate surface area is 158 Å². The van der Waals surface area contributed by atoms with Crippen LogP contribution in [0, 0.1) is 18.3 Å². The lowest BCUT2D eigenvalue weighted by Crippen LogP contribution is -2.25. The van der Waals surface area contributed by atoms with E-state index in [1.54, 1.807) is 6.20 Å². The van der Waals surface area contributed by atoms with Gasteiger partial charge in [0.25, 0.3) is 0 Å². The average Bonchev–Trinajstić information content (AvgIpc) is 2.67. The molecule has 1 N–H and O–H groups in total. The van der Waals surface area contributed by atoms with Gasteiger partial charge in [-0.15, -0.1) is 0 Å². The highest BCUT2D eigenvalue weighted by atomic mass is 32.2. The Morgan fingerprint density at radius 2 is 2.23 bits per heavy atom. The number of hydrogen-bond acceptors (Lipinski definition) is 5. The van der Waals surface area contributed by atoms with Crippen LogP contribution in [0.4, 0.5) is 5.82 Å². The fraction of sp³-hybridized carbons (Fsp3) is 0.400. The minimum absolute atomic E-state index is 0.109. The molecule has 5 nitrogen and oxygen atoms in total. The molecule has 134 valence electrons. The number of thioether (sulfide) groups is 1. The third-order valence-electron chi connectivity index (χ3n) is 4.55. The maximum atomic E-state index is 12.7. The van der Waals surface area contributed by atoms with E-state index in [9.17, 15) is 10.1 Å². The molecule has 1 atom stereocenters. The molecule has 0 aromatic carbocycles. The van der Waals surface area contributed by atoms with Gasteiger partial charge in [0.1, 0.15) is 16.9 Å². The van der Waals surface area contributed by atoms with Gasteiger partial charge in [-0.05, 0) is 62.3 Å². The van der Waals surface area contributed by atoms with Crippen LogP contribution in [0.25, 0.3) is 0 Å². The summed E-state index contributed by atoms with van der Waals surface area (Å²) in [5.41, 5.74) is 3.74. The number of nitrogens with one attached hydrogen (secondary N) is 1. The molecule has 3 rings (SSSR count). The van der Waals surface area contributed by atoms with Crippen molar-refractivity contribution in [1.29, 1.82) is 5.26 Å². The molecule has 0 spiro atoms. The first-order valence-corrected chi connectivity index (χ1v) is 9.82. The standard InChI is InChI=1S/C20H22N4OS/c1-3-17(19(25)24-18-13(2)7-6-10-22-18)26-20-15(12-21)11-14-8-4-5-9-16(14)23-20/h6-7,10-11,17H,3-5,8-9H2,1-2H3,(H,22,24,25). The maximum absolute atomic E-state index is 12.7. The Hall–Kier alpha value is -2.39. The smallest absolute Gasteiger partial charge is 0.239 e. The van der Waals surface area contributed by atoms with Gasteiger partial charge in [-0.1, -0.05) is 24.8 Å². The van der Waals surface area contributed by atoms with E-state index < -0.39 is 0 Å². The average molecular weight is 366 g/mol. The fourth-order valence-corrected chi connectivity index (χ4v) is 4.05. The quantitative estimate of drug-likeness (QED) is 0.808. The first-order valence-electron chi connectivity index (χ1n) is 8.94. The number of hydrogen-bond donors (Lipinski definition) is 1. The van der Waals surface area contributed by atoms with E-state index in [0.717, 1.165) is 36.9 Å². The number of carbonyl (C=O) groups is 1. The molecule has 0 aliphatic heterocycles.